The summed E-state index contributed by atoms with van der Waals surface area (Å²) in [5, 5.41) is 0. The number of unbranched alkanes of at least 4 members (excludes halogenated alkanes) is 3. The fourth-order valence-electron chi connectivity index (χ4n) is 1.43. The summed E-state index contributed by atoms with van der Waals surface area (Å²) in [6.45, 7) is 5.22. The number of hydrogen-bond donors (Lipinski definition) is 1. The van der Waals surface area contributed by atoms with Gasteiger partial charge in [-0.1, -0.05) is 26.2 Å². The quantitative estimate of drug-likeness (QED) is 0.705. The number of rotatable bonds is 8. The van der Waals surface area contributed by atoms with E-state index in [2.05, 4.69) is 16.9 Å². The van der Waals surface area contributed by atoms with Crippen molar-refractivity contribution in [1.29, 1.82) is 0 Å². The van der Waals surface area contributed by atoms with Gasteiger partial charge in [0.25, 0.3) is 0 Å². The Labute approximate surface area is 102 Å². The maximum Gasteiger partial charge on any atom is 0.244 e. The third-order valence-electron chi connectivity index (χ3n) is 2.33. The molecule has 0 aliphatic carbocycles. The van der Waals surface area contributed by atoms with Crippen LogP contribution >= 0.6 is 0 Å². The third-order valence-corrected chi connectivity index (χ3v) is 2.33. The standard InChI is InChI=1S/C12H21N3O2/c1-3-5-6-7-8-17-12-10(13)11(16-4-2)14-9-15-12/h9H,3-8,13H2,1-2H3. The molecule has 5 nitrogen and oxygen atoms in total. The summed E-state index contributed by atoms with van der Waals surface area (Å²) in [5.41, 5.74) is 6.21. The lowest BCUT2D eigenvalue weighted by Crippen LogP contribution is -2.06. The molecule has 1 heterocycles. The van der Waals surface area contributed by atoms with Crippen LogP contribution in [0, 0.1) is 0 Å². The molecular weight excluding hydrogens is 218 g/mol. The molecule has 1 rings (SSSR count). The highest BCUT2D eigenvalue weighted by Crippen LogP contribution is 2.26. The second-order valence-electron chi connectivity index (χ2n) is 3.74. The van der Waals surface area contributed by atoms with Crippen LogP contribution in [0.1, 0.15) is 39.5 Å². The molecule has 96 valence electrons. The van der Waals surface area contributed by atoms with E-state index in [0.717, 1.165) is 6.42 Å². The van der Waals surface area contributed by atoms with Crippen LogP contribution in [0.5, 0.6) is 11.8 Å². The van der Waals surface area contributed by atoms with E-state index in [9.17, 15) is 0 Å². The Morgan fingerprint density at radius 3 is 2.41 bits per heavy atom. The van der Waals surface area contributed by atoms with Crippen LogP contribution < -0.4 is 15.2 Å². The molecule has 2 N–H and O–H groups in total. The molecular formula is C12H21N3O2. The number of nitrogens with zero attached hydrogens (tertiary/aromatic N) is 2. The van der Waals surface area contributed by atoms with E-state index in [-0.39, 0.29) is 0 Å². The zero-order chi connectivity index (χ0) is 12.5. The van der Waals surface area contributed by atoms with Crippen LogP contribution in [0.25, 0.3) is 0 Å². The molecule has 0 bridgehead atoms. The van der Waals surface area contributed by atoms with E-state index in [1.54, 1.807) is 0 Å². The van der Waals surface area contributed by atoms with Crippen molar-refractivity contribution in [2.45, 2.75) is 39.5 Å². The molecule has 0 unspecified atom stereocenters. The van der Waals surface area contributed by atoms with Crippen molar-refractivity contribution in [3.8, 4) is 11.8 Å². The molecule has 5 heteroatoms. The Balaban J connectivity index is 2.44. The molecule has 1 aromatic heterocycles. The molecule has 0 saturated carbocycles. The summed E-state index contributed by atoms with van der Waals surface area (Å²) < 4.78 is 10.8. The van der Waals surface area contributed by atoms with Crippen molar-refractivity contribution in [3.05, 3.63) is 6.33 Å². The molecule has 0 aliphatic heterocycles. The highest BCUT2D eigenvalue weighted by Gasteiger charge is 2.09. The van der Waals surface area contributed by atoms with Gasteiger partial charge in [0, 0.05) is 0 Å². The highest BCUT2D eigenvalue weighted by molar-refractivity contribution is 5.55. The zero-order valence-corrected chi connectivity index (χ0v) is 10.6. The third kappa shape index (κ3) is 4.46. The molecule has 1 aromatic rings. The van der Waals surface area contributed by atoms with Gasteiger partial charge in [0.15, 0.2) is 5.69 Å². The predicted molar refractivity (Wildman–Crippen MR) is 67.3 cm³/mol. The minimum atomic E-state index is 0.379. The van der Waals surface area contributed by atoms with Gasteiger partial charge in [0.1, 0.15) is 6.33 Å². The smallest absolute Gasteiger partial charge is 0.244 e. The highest BCUT2D eigenvalue weighted by atomic mass is 16.5. The normalized spacial score (nSPS) is 10.2. The molecule has 17 heavy (non-hydrogen) atoms. The minimum absolute atomic E-state index is 0.379. The largest absolute Gasteiger partial charge is 0.476 e. The first-order chi connectivity index (χ1) is 8.29. The summed E-state index contributed by atoms with van der Waals surface area (Å²) in [4.78, 5) is 7.95. The van der Waals surface area contributed by atoms with Crippen molar-refractivity contribution in [1.82, 2.24) is 9.97 Å². The van der Waals surface area contributed by atoms with Gasteiger partial charge in [0.05, 0.1) is 13.2 Å². The minimum Gasteiger partial charge on any atom is -0.476 e. The first-order valence-electron chi connectivity index (χ1n) is 6.15. The Hall–Kier alpha value is -1.52. The van der Waals surface area contributed by atoms with Gasteiger partial charge in [-0.25, -0.2) is 0 Å². The number of nitrogen functional groups attached to an aromatic ring is 1. The molecule has 0 fully saturated rings. The maximum atomic E-state index is 5.84. The van der Waals surface area contributed by atoms with Crippen LogP contribution in [-0.2, 0) is 0 Å². The summed E-state index contributed by atoms with van der Waals surface area (Å²) in [5.74, 6) is 0.811. The van der Waals surface area contributed by atoms with Crippen molar-refractivity contribution in [2.75, 3.05) is 18.9 Å². The Kier molecular flexibility index (Phi) is 6.14. The van der Waals surface area contributed by atoms with Gasteiger partial charge in [-0.3, -0.25) is 0 Å². The molecule has 0 aromatic carbocycles. The average molecular weight is 239 g/mol. The Morgan fingerprint density at radius 1 is 1.06 bits per heavy atom. The Morgan fingerprint density at radius 2 is 1.76 bits per heavy atom. The maximum absolute atomic E-state index is 5.84. The van der Waals surface area contributed by atoms with Crippen molar-refractivity contribution in [2.24, 2.45) is 0 Å². The number of nitrogens with two attached hydrogens (primary N) is 1. The predicted octanol–water partition coefficient (Wildman–Crippen LogP) is 2.42. The fraction of sp³-hybridized carbons (Fsp3) is 0.667. The van der Waals surface area contributed by atoms with Gasteiger partial charge in [0.2, 0.25) is 11.8 Å². The van der Waals surface area contributed by atoms with E-state index in [1.165, 1.54) is 25.6 Å². The van der Waals surface area contributed by atoms with Gasteiger partial charge in [-0.05, 0) is 13.3 Å². The van der Waals surface area contributed by atoms with Gasteiger partial charge < -0.3 is 15.2 Å². The lowest BCUT2D eigenvalue weighted by molar-refractivity contribution is 0.287. The number of hydrogen-bond acceptors (Lipinski definition) is 5. The van der Waals surface area contributed by atoms with Gasteiger partial charge in [-0.15, -0.1) is 0 Å². The van der Waals surface area contributed by atoms with Crippen LogP contribution in [0.2, 0.25) is 0 Å². The summed E-state index contributed by atoms with van der Waals surface area (Å²) in [6.07, 6.45) is 6.03. The van der Waals surface area contributed by atoms with Crippen molar-refractivity contribution in [3.63, 3.8) is 0 Å². The number of ether oxygens (including phenoxy) is 2. The van der Waals surface area contributed by atoms with E-state index < -0.39 is 0 Å². The molecule has 0 radical (unpaired) electrons. The lowest BCUT2D eigenvalue weighted by Gasteiger charge is -2.10. The van der Waals surface area contributed by atoms with E-state index in [4.69, 9.17) is 15.2 Å². The first kappa shape index (κ1) is 13.5. The Bertz CT molecular complexity index is 332. The first-order valence-corrected chi connectivity index (χ1v) is 6.15. The van der Waals surface area contributed by atoms with Gasteiger partial charge >= 0.3 is 0 Å². The second kappa shape index (κ2) is 7.70. The van der Waals surface area contributed by atoms with Crippen LogP contribution in [-0.4, -0.2) is 23.2 Å². The number of anilines is 1. The molecule has 0 amide bonds. The van der Waals surface area contributed by atoms with Crippen LogP contribution in [0.15, 0.2) is 6.33 Å². The topological polar surface area (TPSA) is 70.3 Å². The summed E-state index contributed by atoms with van der Waals surface area (Å²) in [6, 6.07) is 0. The van der Waals surface area contributed by atoms with Crippen LogP contribution in [0.4, 0.5) is 5.69 Å². The van der Waals surface area contributed by atoms with Crippen molar-refractivity contribution >= 4 is 5.69 Å². The van der Waals surface area contributed by atoms with E-state index in [1.807, 2.05) is 6.92 Å². The second-order valence-corrected chi connectivity index (χ2v) is 3.74. The monoisotopic (exact) mass is 239 g/mol. The van der Waals surface area contributed by atoms with Gasteiger partial charge in [-0.2, -0.15) is 9.97 Å². The summed E-state index contributed by atoms with van der Waals surface area (Å²) in [7, 11) is 0. The summed E-state index contributed by atoms with van der Waals surface area (Å²) >= 11 is 0. The van der Waals surface area contributed by atoms with E-state index in [0.29, 0.717) is 30.7 Å². The van der Waals surface area contributed by atoms with E-state index >= 15 is 0 Å². The van der Waals surface area contributed by atoms with Crippen molar-refractivity contribution < 1.29 is 9.47 Å². The zero-order valence-electron chi connectivity index (χ0n) is 10.6. The molecule has 0 saturated heterocycles. The fourth-order valence-corrected chi connectivity index (χ4v) is 1.43. The lowest BCUT2D eigenvalue weighted by atomic mass is 10.2. The van der Waals surface area contributed by atoms with Crippen LogP contribution in [0.3, 0.4) is 0 Å². The average Bonchev–Trinajstić information content (AvgIpc) is 2.33. The molecule has 0 atom stereocenters. The SMILES string of the molecule is CCCCCCOc1ncnc(OCC)c1N. The molecule has 0 spiro atoms. The number of aromatic nitrogens is 2. The molecule has 0 aliphatic rings.